The largest absolute Gasteiger partial charge is 0.461 e. The number of guanidine groups is 1. The van der Waals surface area contributed by atoms with Gasteiger partial charge in [0.25, 0.3) is 0 Å². The van der Waals surface area contributed by atoms with E-state index in [1.807, 2.05) is 19.1 Å². The molecule has 0 unspecified atom stereocenters. The number of rotatable bonds is 5. The number of hydrogen-bond donors (Lipinski definition) is 3. The monoisotopic (exact) mass is 402 g/mol. The van der Waals surface area contributed by atoms with Crippen molar-refractivity contribution in [1.29, 1.82) is 0 Å². The van der Waals surface area contributed by atoms with Crippen LogP contribution in [-0.4, -0.2) is 33.7 Å². The molecule has 0 aromatic carbocycles. The molecular formula is C13H19IN6O. The van der Waals surface area contributed by atoms with Crippen LogP contribution in [0.25, 0.3) is 11.6 Å². The van der Waals surface area contributed by atoms with E-state index >= 15 is 0 Å². The number of hydrogen-bond acceptors (Lipinski definition) is 4. The van der Waals surface area contributed by atoms with Gasteiger partial charge in [0.15, 0.2) is 11.7 Å². The number of H-pyrrole nitrogens is 1. The lowest BCUT2D eigenvalue weighted by Gasteiger charge is -2.09. The average molecular weight is 402 g/mol. The minimum Gasteiger partial charge on any atom is -0.461 e. The molecule has 0 saturated heterocycles. The first-order chi connectivity index (χ1) is 9.85. The minimum atomic E-state index is 0. The number of furan rings is 1. The summed E-state index contributed by atoms with van der Waals surface area (Å²) < 4.78 is 5.25. The van der Waals surface area contributed by atoms with Gasteiger partial charge in [0.05, 0.1) is 6.26 Å². The maximum atomic E-state index is 5.25. The van der Waals surface area contributed by atoms with E-state index in [1.54, 1.807) is 6.26 Å². The van der Waals surface area contributed by atoms with Crippen molar-refractivity contribution in [1.82, 2.24) is 25.8 Å². The van der Waals surface area contributed by atoms with Crippen LogP contribution in [0.4, 0.5) is 0 Å². The van der Waals surface area contributed by atoms with Crippen molar-refractivity contribution in [2.24, 2.45) is 4.99 Å². The molecule has 7 nitrogen and oxygen atoms in total. The Kier molecular flexibility index (Phi) is 5.59. The molecule has 1 aliphatic rings. The molecular weight excluding hydrogens is 383 g/mol. The van der Waals surface area contributed by atoms with Gasteiger partial charge in [-0.2, -0.15) is 0 Å². The zero-order valence-corrected chi connectivity index (χ0v) is 14.1. The normalized spacial score (nSPS) is 14.6. The van der Waals surface area contributed by atoms with Gasteiger partial charge in [-0.1, -0.05) is 0 Å². The molecule has 3 N–H and O–H groups in total. The number of aromatic amines is 1. The Morgan fingerprint density at radius 2 is 2.38 bits per heavy atom. The highest BCUT2D eigenvalue weighted by molar-refractivity contribution is 14.0. The molecule has 0 amide bonds. The zero-order chi connectivity index (χ0) is 13.8. The molecule has 1 fully saturated rings. The zero-order valence-electron chi connectivity index (χ0n) is 11.8. The quantitative estimate of drug-likeness (QED) is 0.404. The summed E-state index contributed by atoms with van der Waals surface area (Å²) in [4.78, 5) is 8.85. The maximum Gasteiger partial charge on any atom is 0.216 e. The third kappa shape index (κ3) is 4.45. The van der Waals surface area contributed by atoms with Gasteiger partial charge in [0, 0.05) is 12.6 Å². The van der Waals surface area contributed by atoms with Crippen LogP contribution in [0.1, 0.15) is 25.6 Å². The summed E-state index contributed by atoms with van der Waals surface area (Å²) in [5, 5.41) is 13.6. The third-order valence-corrected chi connectivity index (χ3v) is 2.92. The summed E-state index contributed by atoms with van der Waals surface area (Å²) in [6.45, 7) is 3.34. The average Bonchev–Trinajstić information content (AvgIpc) is 2.96. The van der Waals surface area contributed by atoms with Gasteiger partial charge >= 0.3 is 0 Å². The number of halogens is 1. The fourth-order valence-electron chi connectivity index (χ4n) is 1.78. The molecule has 0 bridgehead atoms. The molecule has 3 rings (SSSR count). The highest BCUT2D eigenvalue weighted by Gasteiger charge is 2.22. The standard InChI is InChI=1S/C13H18N6O.HI/c1-2-14-13(16-9-5-6-9)15-8-11-17-12(19-18-11)10-4-3-7-20-10;/h3-4,7,9H,2,5-6,8H2,1H3,(H2,14,15,16)(H,17,18,19);1H. The van der Waals surface area contributed by atoms with Crippen molar-refractivity contribution < 1.29 is 4.42 Å². The number of aromatic nitrogens is 3. The lowest BCUT2D eigenvalue weighted by atomic mass is 10.4. The fourth-order valence-corrected chi connectivity index (χ4v) is 1.78. The highest BCUT2D eigenvalue weighted by atomic mass is 127. The second-order valence-electron chi connectivity index (χ2n) is 4.70. The topological polar surface area (TPSA) is 91.1 Å². The van der Waals surface area contributed by atoms with E-state index in [2.05, 4.69) is 30.8 Å². The van der Waals surface area contributed by atoms with Crippen molar-refractivity contribution in [2.45, 2.75) is 32.4 Å². The lowest BCUT2D eigenvalue weighted by molar-refractivity contribution is 0.577. The molecule has 114 valence electrons. The van der Waals surface area contributed by atoms with Gasteiger partial charge in [-0.25, -0.2) is 9.98 Å². The fraction of sp³-hybridized carbons (Fsp3) is 0.462. The summed E-state index contributed by atoms with van der Waals surface area (Å²) in [7, 11) is 0. The Morgan fingerprint density at radius 1 is 1.52 bits per heavy atom. The van der Waals surface area contributed by atoms with Crippen molar-refractivity contribution in [2.75, 3.05) is 6.54 Å². The van der Waals surface area contributed by atoms with E-state index in [4.69, 9.17) is 4.42 Å². The molecule has 0 aliphatic heterocycles. The Labute approximate surface area is 140 Å². The van der Waals surface area contributed by atoms with Crippen molar-refractivity contribution in [3.8, 4) is 11.6 Å². The molecule has 2 aromatic rings. The summed E-state index contributed by atoms with van der Waals surface area (Å²) in [5.74, 6) is 2.75. The molecule has 2 aromatic heterocycles. The van der Waals surface area contributed by atoms with E-state index < -0.39 is 0 Å². The van der Waals surface area contributed by atoms with E-state index in [-0.39, 0.29) is 24.0 Å². The Morgan fingerprint density at radius 3 is 3.05 bits per heavy atom. The van der Waals surface area contributed by atoms with E-state index in [1.165, 1.54) is 12.8 Å². The van der Waals surface area contributed by atoms with Crippen LogP contribution >= 0.6 is 24.0 Å². The van der Waals surface area contributed by atoms with E-state index in [9.17, 15) is 0 Å². The van der Waals surface area contributed by atoms with Gasteiger partial charge in [-0.05, 0) is 31.9 Å². The first kappa shape index (κ1) is 15.8. The molecule has 1 saturated carbocycles. The first-order valence-corrected chi connectivity index (χ1v) is 6.85. The molecule has 0 radical (unpaired) electrons. The van der Waals surface area contributed by atoms with Crippen molar-refractivity contribution in [3.63, 3.8) is 0 Å². The molecule has 1 aliphatic carbocycles. The molecule has 21 heavy (non-hydrogen) atoms. The Hall–Kier alpha value is -1.58. The van der Waals surface area contributed by atoms with Crippen LogP contribution in [0.15, 0.2) is 27.8 Å². The number of aliphatic imine (C=N–C) groups is 1. The van der Waals surface area contributed by atoms with Gasteiger partial charge in [-0.15, -0.1) is 29.1 Å². The summed E-state index contributed by atoms with van der Waals surface area (Å²) in [6.07, 6.45) is 4.04. The van der Waals surface area contributed by atoms with Crippen LogP contribution in [0.3, 0.4) is 0 Å². The third-order valence-electron chi connectivity index (χ3n) is 2.92. The number of nitrogens with zero attached hydrogens (tertiary/aromatic N) is 3. The predicted octanol–water partition coefficient (Wildman–Crippen LogP) is 1.90. The van der Waals surface area contributed by atoms with Gasteiger partial charge < -0.3 is 15.1 Å². The first-order valence-electron chi connectivity index (χ1n) is 6.85. The van der Waals surface area contributed by atoms with Crippen molar-refractivity contribution in [3.05, 3.63) is 24.2 Å². The van der Waals surface area contributed by atoms with Gasteiger partial charge in [0.1, 0.15) is 12.4 Å². The van der Waals surface area contributed by atoms with Crippen LogP contribution in [0, 0.1) is 0 Å². The lowest BCUT2D eigenvalue weighted by Crippen LogP contribution is -2.38. The maximum absolute atomic E-state index is 5.25. The number of nitrogens with one attached hydrogen (secondary N) is 3. The smallest absolute Gasteiger partial charge is 0.216 e. The van der Waals surface area contributed by atoms with Crippen LogP contribution < -0.4 is 10.6 Å². The molecule has 0 spiro atoms. The van der Waals surface area contributed by atoms with Crippen molar-refractivity contribution >= 4 is 29.9 Å². The van der Waals surface area contributed by atoms with Gasteiger partial charge in [-0.3, -0.25) is 5.10 Å². The van der Waals surface area contributed by atoms with Gasteiger partial charge in [0.2, 0.25) is 5.82 Å². The van der Waals surface area contributed by atoms with E-state index in [0.717, 1.165) is 12.5 Å². The Balaban J connectivity index is 0.00000161. The van der Waals surface area contributed by atoms with Crippen LogP contribution in [0.5, 0.6) is 0 Å². The van der Waals surface area contributed by atoms with Crippen LogP contribution in [0.2, 0.25) is 0 Å². The molecule has 2 heterocycles. The Bertz CT molecular complexity index is 575. The summed E-state index contributed by atoms with van der Waals surface area (Å²) in [5.41, 5.74) is 0. The summed E-state index contributed by atoms with van der Waals surface area (Å²) in [6, 6.07) is 4.21. The highest BCUT2D eigenvalue weighted by Crippen LogP contribution is 2.18. The SMILES string of the molecule is CCNC(=NCc1nc(-c2ccco2)n[nH]1)NC1CC1.I. The predicted molar refractivity (Wildman–Crippen MR) is 90.5 cm³/mol. The van der Waals surface area contributed by atoms with Crippen LogP contribution in [-0.2, 0) is 6.54 Å². The molecule has 0 atom stereocenters. The molecule has 8 heteroatoms. The second kappa shape index (κ2) is 7.43. The second-order valence-corrected chi connectivity index (χ2v) is 4.70. The minimum absolute atomic E-state index is 0. The summed E-state index contributed by atoms with van der Waals surface area (Å²) >= 11 is 0. The van der Waals surface area contributed by atoms with E-state index in [0.29, 0.717) is 30.0 Å².